The second-order valence-electron chi connectivity index (χ2n) is 13.4. The lowest BCUT2D eigenvalue weighted by atomic mass is 9.70. The van der Waals surface area contributed by atoms with Crippen molar-refractivity contribution in [3.05, 3.63) is 33.0 Å². The van der Waals surface area contributed by atoms with Crippen molar-refractivity contribution < 1.29 is 0 Å². The highest BCUT2D eigenvalue weighted by atomic mass is 32.2. The highest BCUT2D eigenvalue weighted by Gasteiger charge is 2.51. The Morgan fingerprint density at radius 1 is 0.697 bits per heavy atom. The first-order chi connectivity index (χ1) is 14.8. The van der Waals surface area contributed by atoms with Crippen LogP contribution in [-0.2, 0) is 0 Å². The van der Waals surface area contributed by atoms with Crippen molar-refractivity contribution in [1.29, 1.82) is 0 Å². The smallest absolute Gasteiger partial charge is 0.0431 e. The second-order valence-corrected chi connectivity index (χ2v) is 15.2. The molecule has 3 heteroatoms. The number of hydrogen-bond acceptors (Lipinski definition) is 3. The summed E-state index contributed by atoms with van der Waals surface area (Å²) in [4.78, 5) is 6.94. The van der Waals surface area contributed by atoms with Crippen LogP contribution in [0.5, 0.6) is 0 Å². The fourth-order valence-corrected chi connectivity index (χ4v) is 8.40. The normalized spacial score (nSPS) is 33.3. The molecule has 0 aliphatic carbocycles. The minimum Gasteiger partial charge on any atom is -0.374 e. The van der Waals surface area contributed by atoms with Crippen LogP contribution >= 0.6 is 11.8 Å². The summed E-state index contributed by atoms with van der Waals surface area (Å²) in [7, 11) is 0. The summed E-state index contributed by atoms with van der Waals surface area (Å²) in [6.07, 6.45) is 2.44. The Labute approximate surface area is 210 Å². The monoisotopic (exact) mass is 472 g/mol. The first-order valence-corrected chi connectivity index (χ1v) is 13.9. The minimum atomic E-state index is 0.157. The van der Waals surface area contributed by atoms with Crippen LogP contribution in [0.15, 0.2) is 33.0 Å². The summed E-state index contributed by atoms with van der Waals surface area (Å²) in [5, 5.41) is 0. The van der Waals surface area contributed by atoms with Crippen molar-refractivity contribution in [1.82, 2.24) is 9.80 Å². The van der Waals surface area contributed by atoms with Crippen LogP contribution in [0.3, 0.4) is 0 Å². The van der Waals surface area contributed by atoms with E-state index in [-0.39, 0.29) is 26.5 Å². The van der Waals surface area contributed by atoms with Crippen molar-refractivity contribution in [3.63, 3.8) is 0 Å². The molecule has 0 bridgehead atoms. The van der Waals surface area contributed by atoms with E-state index in [0.29, 0.717) is 0 Å². The van der Waals surface area contributed by atoms with Crippen molar-refractivity contribution >= 4 is 11.8 Å². The molecule has 0 saturated heterocycles. The van der Waals surface area contributed by atoms with E-state index in [9.17, 15) is 0 Å². The summed E-state index contributed by atoms with van der Waals surface area (Å²) in [6, 6.07) is 0. The van der Waals surface area contributed by atoms with E-state index in [2.05, 4.69) is 118 Å². The van der Waals surface area contributed by atoms with Crippen LogP contribution in [0, 0.1) is 16.2 Å². The zero-order chi connectivity index (χ0) is 25.4. The number of hydrogen-bond donors (Lipinski definition) is 0. The molecule has 3 aliphatic rings. The quantitative estimate of drug-likeness (QED) is 0.382. The fraction of sp³-hybridized carbons (Fsp3) is 0.800. The molecule has 2 unspecified atom stereocenters. The number of rotatable bonds is 6. The molecule has 3 heterocycles. The molecule has 0 aromatic heterocycles. The van der Waals surface area contributed by atoms with Gasteiger partial charge in [0, 0.05) is 57.6 Å². The highest BCUT2D eigenvalue weighted by molar-refractivity contribution is 8.04. The fourth-order valence-electron chi connectivity index (χ4n) is 6.78. The molecule has 0 N–H and O–H groups in total. The predicted octanol–water partition coefficient (Wildman–Crippen LogP) is 8.62. The van der Waals surface area contributed by atoms with Crippen molar-refractivity contribution in [2.24, 2.45) is 16.2 Å². The third kappa shape index (κ3) is 3.83. The van der Waals surface area contributed by atoms with Crippen molar-refractivity contribution in [3.8, 4) is 0 Å². The lowest BCUT2D eigenvalue weighted by molar-refractivity contribution is 0.0854. The maximum atomic E-state index is 2.70. The third-order valence-electron chi connectivity index (χ3n) is 11.4. The van der Waals surface area contributed by atoms with Crippen LogP contribution in [0.25, 0.3) is 0 Å². The maximum Gasteiger partial charge on any atom is 0.0431 e. The van der Waals surface area contributed by atoms with Crippen LogP contribution in [0.2, 0.25) is 0 Å². The molecule has 0 aromatic rings. The Morgan fingerprint density at radius 3 is 1.73 bits per heavy atom. The third-order valence-corrected chi connectivity index (χ3v) is 13.0. The molecule has 0 radical (unpaired) electrons. The molecule has 3 aliphatic heterocycles. The molecular weight excluding hydrogens is 420 g/mol. The van der Waals surface area contributed by atoms with Crippen LogP contribution in [0.1, 0.15) is 110 Å². The van der Waals surface area contributed by atoms with Crippen LogP contribution in [0.4, 0.5) is 0 Å². The van der Waals surface area contributed by atoms with E-state index in [1.165, 1.54) is 29.1 Å². The van der Waals surface area contributed by atoms with Gasteiger partial charge in [-0.05, 0) is 98.1 Å². The summed E-state index contributed by atoms with van der Waals surface area (Å²) in [5.41, 5.74) is 8.66. The molecule has 188 valence electrons. The van der Waals surface area contributed by atoms with Gasteiger partial charge in [0.05, 0.1) is 0 Å². The summed E-state index contributed by atoms with van der Waals surface area (Å²) < 4.78 is 0.271. The average Bonchev–Trinajstić information content (AvgIpc) is 3.06. The molecule has 0 saturated carbocycles. The summed E-state index contributed by atoms with van der Waals surface area (Å²) in [5.74, 6) is 0. The molecule has 2 atom stereocenters. The topological polar surface area (TPSA) is 6.48 Å². The standard InChI is InChI=1S/C30H52N2S/c1-20-24(5)32(27(9,10)26(20,7)8)18-15-29(13)19-31(23(4)21(29)2)17-16-30(14)22(3)25(6)33-28(30,11)12/h15-19H2,1-14H3. The lowest BCUT2D eigenvalue weighted by Crippen LogP contribution is -2.49. The van der Waals surface area contributed by atoms with Gasteiger partial charge in [0.1, 0.15) is 0 Å². The molecule has 33 heavy (non-hydrogen) atoms. The van der Waals surface area contributed by atoms with Crippen LogP contribution in [-0.4, -0.2) is 39.7 Å². The zero-order valence-corrected chi connectivity index (χ0v) is 25.2. The molecule has 2 nitrogen and oxygen atoms in total. The minimum absolute atomic E-state index is 0.157. The largest absolute Gasteiger partial charge is 0.374 e. The van der Waals surface area contributed by atoms with Gasteiger partial charge in [0.15, 0.2) is 0 Å². The Kier molecular flexibility index (Phi) is 6.57. The number of allylic oxidation sites excluding steroid dienone is 4. The summed E-state index contributed by atoms with van der Waals surface area (Å²) in [6.45, 7) is 37.2. The number of nitrogens with zero attached hydrogens (tertiary/aromatic N) is 2. The van der Waals surface area contributed by atoms with Gasteiger partial charge in [-0.3, -0.25) is 0 Å². The van der Waals surface area contributed by atoms with Gasteiger partial charge in [0.25, 0.3) is 0 Å². The average molecular weight is 473 g/mol. The number of thioether (sulfide) groups is 1. The van der Waals surface area contributed by atoms with Gasteiger partial charge in [-0.25, -0.2) is 0 Å². The lowest BCUT2D eigenvalue weighted by Gasteiger charge is -2.45. The van der Waals surface area contributed by atoms with Crippen LogP contribution < -0.4 is 0 Å². The second kappa shape index (κ2) is 8.10. The Balaban J connectivity index is 1.72. The van der Waals surface area contributed by atoms with Gasteiger partial charge >= 0.3 is 0 Å². The maximum absolute atomic E-state index is 2.70. The van der Waals surface area contributed by atoms with Gasteiger partial charge in [-0.2, -0.15) is 0 Å². The van der Waals surface area contributed by atoms with E-state index < -0.39 is 0 Å². The molecule has 3 rings (SSSR count). The van der Waals surface area contributed by atoms with E-state index in [4.69, 9.17) is 0 Å². The van der Waals surface area contributed by atoms with E-state index in [1.807, 2.05) is 0 Å². The molecule has 0 aromatic carbocycles. The SMILES string of the molecule is CC1=C(C)C(C)(CCN2CC(C)(CCN3C(C)=C(C)C(C)(C)C3(C)C)C(C)=C2C)C(C)(C)S1. The Bertz CT molecular complexity index is 916. The first kappa shape index (κ1) is 26.8. The van der Waals surface area contributed by atoms with E-state index in [0.717, 1.165) is 19.6 Å². The molecule has 0 fully saturated rings. The molecule has 0 spiro atoms. The van der Waals surface area contributed by atoms with Crippen molar-refractivity contribution in [2.45, 2.75) is 120 Å². The molecular formula is C30H52N2S. The van der Waals surface area contributed by atoms with Gasteiger partial charge in [-0.1, -0.05) is 33.3 Å². The Morgan fingerprint density at radius 2 is 1.27 bits per heavy atom. The van der Waals surface area contributed by atoms with Gasteiger partial charge < -0.3 is 9.80 Å². The van der Waals surface area contributed by atoms with Gasteiger partial charge in [-0.15, -0.1) is 11.8 Å². The predicted molar refractivity (Wildman–Crippen MR) is 148 cm³/mol. The van der Waals surface area contributed by atoms with E-state index in [1.54, 1.807) is 16.7 Å². The highest BCUT2D eigenvalue weighted by Crippen LogP contribution is 2.59. The van der Waals surface area contributed by atoms with E-state index >= 15 is 0 Å². The van der Waals surface area contributed by atoms with Gasteiger partial charge in [0.2, 0.25) is 0 Å². The zero-order valence-electron chi connectivity index (χ0n) is 24.3. The van der Waals surface area contributed by atoms with Crippen molar-refractivity contribution in [2.75, 3.05) is 19.6 Å². The first-order valence-electron chi connectivity index (χ1n) is 13.1. The molecule has 0 amide bonds. The summed E-state index contributed by atoms with van der Waals surface area (Å²) >= 11 is 2.08. The Hall–Kier alpha value is -0.830.